The number of sulfonamides is 1. The van der Waals surface area contributed by atoms with E-state index in [0.717, 1.165) is 0 Å². The third-order valence-electron chi connectivity index (χ3n) is 4.47. The van der Waals surface area contributed by atoms with Crippen LogP contribution in [0.2, 0.25) is 0 Å². The van der Waals surface area contributed by atoms with E-state index < -0.39 is 25.8 Å². The summed E-state index contributed by atoms with van der Waals surface area (Å²) in [4.78, 5) is 12.7. The van der Waals surface area contributed by atoms with Crippen molar-refractivity contribution in [2.45, 2.75) is 44.2 Å². The summed E-state index contributed by atoms with van der Waals surface area (Å²) in [6.45, 7) is 5.21. The molecule has 11 heteroatoms. The minimum absolute atomic E-state index is 0.00754. The predicted molar refractivity (Wildman–Crippen MR) is 109 cm³/mol. The van der Waals surface area contributed by atoms with E-state index in [-0.39, 0.29) is 34.0 Å². The molecule has 1 saturated heterocycles. The zero-order chi connectivity index (χ0) is 21.4. The second-order valence-electron chi connectivity index (χ2n) is 7.43. The van der Waals surface area contributed by atoms with E-state index in [1.165, 1.54) is 24.3 Å². The molecule has 1 unspecified atom stereocenters. The summed E-state index contributed by atoms with van der Waals surface area (Å²) in [5, 5.41) is 7.07. The van der Waals surface area contributed by atoms with Crippen LogP contribution in [-0.4, -0.2) is 50.1 Å². The fourth-order valence-corrected chi connectivity index (χ4v) is 6.15. The standard InChI is InChI=1S/C18H24N4O5S2/c1-12(2)21-29(26,27)16-6-4-14(5-7-16)18(23)19-17-10-13(3)20-22(17)15-8-9-28(24,25)11-15/h4-7,10,12,15,21H,8-9,11H2,1-3H3,(H,19,23). The molecule has 1 aromatic carbocycles. The van der Waals surface area contributed by atoms with Crippen molar-refractivity contribution < 1.29 is 21.6 Å². The summed E-state index contributed by atoms with van der Waals surface area (Å²) in [7, 11) is -6.73. The fourth-order valence-electron chi connectivity index (χ4n) is 3.21. The maximum absolute atomic E-state index is 12.6. The number of carbonyl (C=O) groups is 1. The number of nitrogens with one attached hydrogen (secondary N) is 2. The van der Waals surface area contributed by atoms with Crippen LogP contribution in [0.5, 0.6) is 0 Å². The van der Waals surface area contributed by atoms with E-state index in [9.17, 15) is 21.6 Å². The molecule has 9 nitrogen and oxygen atoms in total. The first-order valence-corrected chi connectivity index (χ1v) is 12.5. The lowest BCUT2D eigenvalue weighted by molar-refractivity contribution is 0.102. The van der Waals surface area contributed by atoms with Crippen molar-refractivity contribution in [3.8, 4) is 0 Å². The molecule has 158 valence electrons. The van der Waals surface area contributed by atoms with Crippen molar-refractivity contribution >= 4 is 31.6 Å². The van der Waals surface area contributed by atoms with Gasteiger partial charge in [0.05, 0.1) is 28.1 Å². The highest BCUT2D eigenvalue weighted by molar-refractivity contribution is 7.91. The second kappa shape index (κ2) is 7.88. The van der Waals surface area contributed by atoms with Crippen LogP contribution in [0, 0.1) is 6.92 Å². The number of sulfone groups is 1. The van der Waals surface area contributed by atoms with Crippen LogP contribution in [0.3, 0.4) is 0 Å². The quantitative estimate of drug-likeness (QED) is 0.701. The number of hydrogen-bond acceptors (Lipinski definition) is 6. The average Bonchev–Trinajstić information content (AvgIpc) is 3.15. The Balaban J connectivity index is 1.78. The van der Waals surface area contributed by atoms with Crippen molar-refractivity contribution in [1.29, 1.82) is 0 Å². The Morgan fingerprint density at radius 2 is 1.90 bits per heavy atom. The molecule has 0 saturated carbocycles. The first-order chi connectivity index (χ1) is 13.5. The van der Waals surface area contributed by atoms with Crippen LogP contribution in [0.15, 0.2) is 35.2 Å². The number of aryl methyl sites for hydroxylation is 1. The Morgan fingerprint density at radius 3 is 2.45 bits per heavy atom. The van der Waals surface area contributed by atoms with Crippen molar-refractivity contribution in [3.63, 3.8) is 0 Å². The Morgan fingerprint density at radius 1 is 1.24 bits per heavy atom. The van der Waals surface area contributed by atoms with Crippen LogP contribution in [0.1, 0.15) is 42.4 Å². The summed E-state index contributed by atoms with van der Waals surface area (Å²) in [5.74, 6) is 0.0667. The van der Waals surface area contributed by atoms with Gasteiger partial charge in [-0.1, -0.05) is 0 Å². The van der Waals surface area contributed by atoms with Gasteiger partial charge in [0.15, 0.2) is 9.84 Å². The van der Waals surface area contributed by atoms with Crippen molar-refractivity contribution in [2.24, 2.45) is 0 Å². The molecule has 2 N–H and O–H groups in total. The van der Waals surface area contributed by atoms with Gasteiger partial charge in [-0.15, -0.1) is 0 Å². The Hall–Kier alpha value is -2.24. The zero-order valence-corrected chi connectivity index (χ0v) is 18.0. The maximum Gasteiger partial charge on any atom is 0.256 e. The normalized spacial score (nSPS) is 18.8. The van der Waals surface area contributed by atoms with Gasteiger partial charge in [-0.3, -0.25) is 4.79 Å². The van der Waals surface area contributed by atoms with E-state index in [1.54, 1.807) is 31.5 Å². The molecule has 1 aliphatic rings. The highest BCUT2D eigenvalue weighted by Gasteiger charge is 2.31. The third-order valence-corrected chi connectivity index (χ3v) is 7.90. The first kappa shape index (κ1) is 21.5. The topological polar surface area (TPSA) is 127 Å². The van der Waals surface area contributed by atoms with Gasteiger partial charge in [-0.05, 0) is 51.5 Å². The number of rotatable bonds is 6. The number of nitrogens with zero attached hydrogens (tertiary/aromatic N) is 2. The molecule has 1 aliphatic heterocycles. The number of aromatic nitrogens is 2. The van der Waals surface area contributed by atoms with Gasteiger partial charge in [-0.25, -0.2) is 26.2 Å². The lowest BCUT2D eigenvalue weighted by Gasteiger charge is -2.14. The molecular weight excluding hydrogens is 416 g/mol. The highest BCUT2D eigenvalue weighted by Crippen LogP contribution is 2.27. The average molecular weight is 441 g/mol. The Kier molecular flexibility index (Phi) is 5.84. The van der Waals surface area contributed by atoms with E-state index >= 15 is 0 Å². The zero-order valence-electron chi connectivity index (χ0n) is 16.4. The molecule has 0 radical (unpaired) electrons. The van der Waals surface area contributed by atoms with Crippen molar-refractivity contribution in [3.05, 3.63) is 41.6 Å². The molecule has 1 fully saturated rings. The molecule has 0 spiro atoms. The van der Waals surface area contributed by atoms with Gasteiger partial charge in [0.1, 0.15) is 5.82 Å². The molecular formula is C18H24N4O5S2. The number of hydrogen-bond donors (Lipinski definition) is 2. The molecule has 1 aromatic heterocycles. The molecule has 1 amide bonds. The minimum Gasteiger partial charge on any atom is -0.307 e. The third kappa shape index (κ3) is 5.03. The van der Waals surface area contributed by atoms with Gasteiger partial charge in [0.2, 0.25) is 10.0 Å². The van der Waals surface area contributed by atoms with Crippen LogP contribution >= 0.6 is 0 Å². The summed E-state index contributed by atoms with van der Waals surface area (Å²) >= 11 is 0. The lowest BCUT2D eigenvalue weighted by atomic mass is 10.2. The highest BCUT2D eigenvalue weighted by atomic mass is 32.2. The molecule has 2 aromatic rings. The van der Waals surface area contributed by atoms with Crippen LogP contribution in [0.25, 0.3) is 0 Å². The molecule has 3 rings (SSSR count). The summed E-state index contributed by atoms with van der Waals surface area (Å²) in [6.07, 6.45) is 0.446. The number of amides is 1. The second-order valence-corrected chi connectivity index (χ2v) is 11.4. The van der Waals surface area contributed by atoms with E-state index in [2.05, 4.69) is 15.1 Å². The number of benzene rings is 1. The van der Waals surface area contributed by atoms with Gasteiger partial charge >= 0.3 is 0 Å². The predicted octanol–water partition coefficient (Wildman–Crippen LogP) is 1.49. The molecule has 29 heavy (non-hydrogen) atoms. The van der Waals surface area contributed by atoms with Crippen molar-refractivity contribution in [1.82, 2.24) is 14.5 Å². The van der Waals surface area contributed by atoms with Gasteiger partial charge in [0.25, 0.3) is 5.91 Å². The monoisotopic (exact) mass is 440 g/mol. The SMILES string of the molecule is Cc1cc(NC(=O)c2ccc(S(=O)(=O)NC(C)C)cc2)n(C2CCS(=O)(=O)C2)n1. The Labute approximate surface area is 170 Å². The van der Waals surface area contributed by atoms with Gasteiger partial charge in [-0.2, -0.15) is 5.10 Å². The largest absolute Gasteiger partial charge is 0.307 e. The van der Waals surface area contributed by atoms with Gasteiger partial charge < -0.3 is 5.32 Å². The van der Waals surface area contributed by atoms with E-state index in [1.807, 2.05) is 0 Å². The van der Waals surface area contributed by atoms with Gasteiger partial charge in [0, 0.05) is 17.7 Å². The number of anilines is 1. The van der Waals surface area contributed by atoms with Crippen LogP contribution < -0.4 is 10.0 Å². The molecule has 0 bridgehead atoms. The van der Waals surface area contributed by atoms with Crippen molar-refractivity contribution in [2.75, 3.05) is 16.8 Å². The summed E-state index contributed by atoms with van der Waals surface area (Å²) < 4.78 is 52.0. The maximum atomic E-state index is 12.6. The first-order valence-electron chi connectivity index (χ1n) is 9.17. The fraction of sp³-hybridized carbons (Fsp3) is 0.444. The molecule has 1 atom stereocenters. The Bertz CT molecular complexity index is 1120. The van der Waals surface area contributed by atoms with E-state index in [0.29, 0.717) is 17.9 Å². The summed E-state index contributed by atoms with van der Waals surface area (Å²) in [6, 6.07) is 6.70. The minimum atomic E-state index is -3.64. The molecule has 2 heterocycles. The van der Waals surface area contributed by atoms with E-state index in [4.69, 9.17) is 0 Å². The van der Waals surface area contributed by atoms with Crippen LogP contribution in [-0.2, 0) is 19.9 Å². The number of carbonyl (C=O) groups excluding carboxylic acids is 1. The van der Waals surface area contributed by atoms with Crippen LogP contribution in [0.4, 0.5) is 5.82 Å². The lowest BCUT2D eigenvalue weighted by Crippen LogP contribution is -2.30. The smallest absolute Gasteiger partial charge is 0.256 e. The summed E-state index contributed by atoms with van der Waals surface area (Å²) in [5.41, 5.74) is 0.934. The molecule has 0 aliphatic carbocycles.